The van der Waals surface area contributed by atoms with Gasteiger partial charge in [0.25, 0.3) is 5.91 Å². The summed E-state index contributed by atoms with van der Waals surface area (Å²) in [6, 6.07) is 5.78. The van der Waals surface area contributed by atoms with E-state index >= 15 is 0 Å². The van der Waals surface area contributed by atoms with Crippen molar-refractivity contribution in [3.05, 3.63) is 53.4 Å². The fourth-order valence-electron chi connectivity index (χ4n) is 4.05. The fraction of sp³-hybridized carbons (Fsp3) is 0.476. The van der Waals surface area contributed by atoms with Crippen LogP contribution in [0.3, 0.4) is 0 Å². The van der Waals surface area contributed by atoms with Crippen LogP contribution in [0.2, 0.25) is 0 Å². The minimum Gasteiger partial charge on any atom is -0.361 e. The van der Waals surface area contributed by atoms with Gasteiger partial charge in [-0.05, 0) is 30.5 Å². The number of nitrogens with one attached hydrogen (secondary N) is 1. The summed E-state index contributed by atoms with van der Waals surface area (Å²) in [5.41, 5.74) is 3.50. The zero-order valence-corrected chi connectivity index (χ0v) is 16.9. The molecule has 148 valence electrons. The smallest absolute Gasteiger partial charge is 0.270 e. The van der Waals surface area contributed by atoms with Crippen molar-refractivity contribution in [3.8, 4) is 0 Å². The Bertz CT molecular complexity index is 1000. The van der Waals surface area contributed by atoms with Crippen molar-refractivity contribution in [2.45, 2.75) is 46.7 Å². The molecule has 0 radical (unpaired) electrons. The number of aryl methyl sites for hydroxylation is 2. The molecule has 3 aromatic heterocycles. The molecule has 7 heteroatoms. The quantitative estimate of drug-likeness (QED) is 0.735. The van der Waals surface area contributed by atoms with Gasteiger partial charge in [0.1, 0.15) is 11.5 Å². The van der Waals surface area contributed by atoms with Crippen molar-refractivity contribution in [1.29, 1.82) is 0 Å². The third-order valence-electron chi connectivity index (χ3n) is 5.74. The van der Waals surface area contributed by atoms with E-state index < -0.39 is 0 Å². The van der Waals surface area contributed by atoms with Gasteiger partial charge < -0.3 is 14.2 Å². The summed E-state index contributed by atoms with van der Waals surface area (Å²) < 4.78 is 7.32. The molecule has 1 atom stereocenters. The number of rotatable bonds is 5. The third-order valence-corrected chi connectivity index (χ3v) is 5.74. The standard InChI is InChI=1S/C21H27N5O2/c1-5-18-16(14(2)24-28-18)10-25-11-19(21(3,4)12-25)23-20(27)17-9-15-7-6-8-26(15)13-22-17/h6-9,13,19H,5,10-12H2,1-4H3,(H,23,27). The average Bonchev–Trinajstić information content (AvgIpc) is 3.33. The third kappa shape index (κ3) is 3.42. The number of aromatic nitrogens is 3. The molecule has 1 aliphatic heterocycles. The van der Waals surface area contributed by atoms with Crippen LogP contribution in [0.5, 0.6) is 0 Å². The Hall–Kier alpha value is -2.67. The molecule has 1 fully saturated rings. The summed E-state index contributed by atoms with van der Waals surface area (Å²) in [7, 11) is 0. The molecule has 0 saturated carbocycles. The van der Waals surface area contributed by atoms with Gasteiger partial charge in [0, 0.05) is 49.4 Å². The van der Waals surface area contributed by atoms with Gasteiger partial charge >= 0.3 is 0 Å². The molecule has 1 amide bonds. The highest BCUT2D eigenvalue weighted by atomic mass is 16.5. The zero-order valence-electron chi connectivity index (χ0n) is 16.9. The number of amides is 1. The van der Waals surface area contributed by atoms with Crippen LogP contribution in [0.4, 0.5) is 0 Å². The summed E-state index contributed by atoms with van der Waals surface area (Å²) in [6.07, 6.45) is 4.43. The molecule has 1 aliphatic rings. The van der Waals surface area contributed by atoms with E-state index in [1.165, 1.54) is 5.56 Å². The molecule has 1 saturated heterocycles. The maximum absolute atomic E-state index is 12.8. The van der Waals surface area contributed by atoms with Gasteiger partial charge in [-0.3, -0.25) is 9.69 Å². The Kier molecular flexibility index (Phi) is 4.71. The molecule has 3 aromatic rings. The number of hydrogen-bond acceptors (Lipinski definition) is 5. The first-order valence-corrected chi connectivity index (χ1v) is 9.77. The second-order valence-corrected chi connectivity index (χ2v) is 8.32. The first-order chi connectivity index (χ1) is 13.4. The van der Waals surface area contributed by atoms with E-state index in [0.29, 0.717) is 5.69 Å². The highest BCUT2D eigenvalue weighted by Crippen LogP contribution is 2.31. The lowest BCUT2D eigenvalue weighted by molar-refractivity contribution is 0.0911. The number of hydrogen-bond donors (Lipinski definition) is 1. The van der Waals surface area contributed by atoms with Gasteiger partial charge in [-0.25, -0.2) is 4.98 Å². The van der Waals surface area contributed by atoms with E-state index in [1.807, 2.05) is 35.7 Å². The zero-order chi connectivity index (χ0) is 19.9. The van der Waals surface area contributed by atoms with Gasteiger partial charge in [-0.1, -0.05) is 25.9 Å². The highest BCUT2D eigenvalue weighted by Gasteiger charge is 2.40. The highest BCUT2D eigenvalue weighted by molar-refractivity contribution is 5.93. The Morgan fingerprint density at radius 1 is 1.43 bits per heavy atom. The van der Waals surface area contributed by atoms with Crippen LogP contribution in [0, 0.1) is 12.3 Å². The lowest BCUT2D eigenvalue weighted by atomic mass is 9.88. The summed E-state index contributed by atoms with van der Waals surface area (Å²) in [5.74, 6) is 0.825. The fourth-order valence-corrected chi connectivity index (χ4v) is 4.05. The minimum absolute atomic E-state index is 0.0355. The second kappa shape index (κ2) is 7.05. The Labute approximate surface area is 164 Å². The first-order valence-electron chi connectivity index (χ1n) is 9.77. The van der Waals surface area contributed by atoms with Crippen molar-refractivity contribution in [3.63, 3.8) is 0 Å². The lowest BCUT2D eigenvalue weighted by Gasteiger charge is -2.26. The molecule has 0 aliphatic carbocycles. The molecule has 0 spiro atoms. The predicted octanol–water partition coefficient (Wildman–Crippen LogP) is 2.83. The molecule has 28 heavy (non-hydrogen) atoms. The molecule has 0 bridgehead atoms. The largest absolute Gasteiger partial charge is 0.361 e. The molecule has 7 nitrogen and oxygen atoms in total. The maximum Gasteiger partial charge on any atom is 0.270 e. The number of nitrogens with zero attached hydrogens (tertiary/aromatic N) is 4. The molecule has 1 N–H and O–H groups in total. The van der Waals surface area contributed by atoms with E-state index in [9.17, 15) is 4.79 Å². The van der Waals surface area contributed by atoms with Crippen LogP contribution in [0.1, 0.15) is 48.3 Å². The summed E-state index contributed by atoms with van der Waals surface area (Å²) in [6.45, 7) is 10.9. The van der Waals surface area contributed by atoms with Crippen LogP contribution in [-0.2, 0) is 13.0 Å². The van der Waals surface area contributed by atoms with Gasteiger partial charge in [-0.2, -0.15) is 0 Å². The van der Waals surface area contributed by atoms with Crippen LogP contribution in [0.15, 0.2) is 35.2 Å². The summed E-state index contributed by atoms with van der Waals surface area (Å²) in [5, 5.41) is 7.32. The van der Waals surface area contributed by atoms with Crippen LogP contribution in [0.25, 0.3) is 5.52 Å². The maximum atomic E-state index is 12.8. The Balaban J connectivity index is 1.47. The monoisotopic (exact) mass is 381 g/mol. The number of likely N-dealkylation sites (tertiary alicyclic amines) is 1. The Morgan fingerprint density at radius 3 is 3.04 bits per heavy atom. The molecular formula is C21H27N5O2. The van der Waals surface area contributed by atoms with Gasteiger partial charge in [0.05, 0.1) is 12.0 Å². The van der Waals surface area contributed by atoms with E-state index in [0.717, 1.165) is 43.0 Å². The van der Waals surface area contributed by atoms with E-state index in [1.54, 1.807) is 6.33 Å². The molecule has 1 unspecified atom stereocenters. The topological polar surface area (TPSA) is 75.7 Å². The summed E-state index contributed by atoms with van der Waals surface area (Å²) in [4.78, 5) is 19.5. The average molecular weight is 381 g/mol. The number of fused-ring (bicyclic) bond motifs is 1. The molecule has 4 rings (SSSR count). The van der Waals surface area contributed by atoms with Crippen molar-refractivity contribution < 1.29 is 9.32 Å². The molecule has 4 heterocycles. The lowest BCUT2D eigenvalue weighted by Crippen LogP contribution is -2.44. The Morgan fingerprint density at radius 2 is 2.25 bits per heavy atom. The predicted molar refractivity (Wildman–Crippen MR) is 106 cm³/mol. The van der Waals surface area contributed by atoms with Crippen molar-refractivity contribution in [2.75, 3.05) is 13.1 Å². The van der Waals surface area contributed by atoms with Gasteiger partial charge in [0.2, 0.25) is 0 Å². The van der Waals surface area contributed by atoms with Crippen molar-refractivity contribution >= 4 is 11.4 Å². The SMILES string of the molecule is CCc1onc(C)c1CN1CC(NC(=O)c2cc3cccn3cn2)C(C)(C)C1. The summed E-state index contributed by atoms with van der Waals surface area (Å²) >= 11 is 0. The number of carbonyl (C=O) groups is 1. The van der Waals surface area contributed by atoms with Gasteiger partial charge in [-0.15, -0.1) is 0 Å². The normalized spacial score (nSPS) is 19.4. The van der Waals surface area contributed by atoms with Crippen LogP contribution in [-0.4, -0.2) is 44.5 Å². The number of carbonyl (C=O) groups excluding carboxylic acids is 1. The van der Waals surface area contributed by atoms with Gasteiger partial charge in [0.15, 0.2) is 0 Å². The van der Waals surface area contributed by atoms with Crippen molar-refractivity contribution in [1.82, 2.24) is 24.8 Å². The molecule has 0 aromatic carbocycles. The first kappa shape index (κ1) is 18.7. The van der Waals surface area contributed by atoms with Crippen LogP contribution >= 0.6 is 0 Å². The van der Waals surface area contributed by atoms with E-state index in [4.69, 9.17) is 4.52 Å². The van der Waals surface area contributed by atoms with E-state index in [-0.39, 0.29) is 17.4 Å². The minimum atomic E-state index is -0.126. The second-order valence-electron chi connectivity index (χ2n) is 8.32. The van der Waals surface area contributed by atoms with Crippen LogP contribution < -0.4 is 5.32 Å². The van der Waals surface area contributed by atoms with Crippen molar-refractivity contribution in [2.24, 2.45) is 5.41 Å². The molecular weight excluding hydrogens is 354 g/mol. The van der Waals surface area contributed by atoms with E-state index in [2.05, 4.69) is 41.1 Å².